The van der Waals surface area contributed by atoms with Gasteiger partial charge in [0.25, 0.3) is 15.9 Å². The smallest absolute Gasteiger partial charge is 0.261 e. The van der Waals surface area contributed by atoms with E-state index in [1.807, 2.05) is 0 Å². The molecule has 0 radical (unpaired) electrons. The van der Waals surface area contributed by atoms with Gasteiger partial charge in [-0.05, 0) is 92.7 Å². The number of carbonyl (C=O) groups is 1. The number of hydrogen-bond acceptors (Lipinski definition) is 3. The normalized spacial score (nSPS) is 30.1. The maximum Gasteiger partial charge on any atom is 0.261 e. The highest BCUT2D eigenvalue weighted by atomic mass is 32.2. The fourth-order valence-corrected chi connectivity index (χ4v) is 7.16. The second-order valence-corrected chi connectivity index (χ2v) is 10.8. The van der Waals surface area contributed by atoms with E-state index in [4.69, 9.17) is 0 Å². The van der Waals surface area contributed by atoms with E-state index in [0.29, 0.717) is 11.3 Å². The quantitative estimate of drug-likeness (QED) is 0.776. The Morgan fingerprint density at radius 3 is 1.93 bits per heavy atom. The van der Waals surface area contributed by atoms with E-state index in [9.17, 15) is 13.2 Å². The van der Waals surface area contributed by atoms with E-state index in [0.717, 1.165) is 37.0 Å². The molecule has 0 heterocycles. The van der Waals surface area contributed by atoms with Crippen molar-refractivity contribution in [2.24, 2.45) is 17.8 Å². The minimum Gasteiger partial charge on any atom is -0.347 e. The van der Waals surface area contributed by atoms with Crippen molar-refractivity contribution in [2.45, 2.75) is 49.0 Å². The Balaban J connectivity index is 1.28. The summed E-state index contributed by atoms with van der Waals surface area (Å²) in [6.45, 7) is 0. The van der Waals surface area contributed by atoms with Crippen LogP contribution in [-0.4, -0.2) is 19.9 Å². The Bertz CT molecular complexity index is 981. The van der Waals surface area contributed by atoms with Crippen LogP contribution in [0.3, 0.4) is 0 Å². The monoisotopic (exact) mass is 410 g/mol. The number of anilines is 1. The van der Waals surface area contributed by atoms with Gasteiger partial charge >= 0.3 is 0 Å². The number of hydrogen-bond donors (Lipinski definition) is 2. The molecule has 0 unspecified atom stereocenters. The van der Waals surface area contributed by atoms with Crippen LogP contribution in [0.5, 0.6) is 0 Å². The van der Waals surface area contributed by atoms with Crippen molar-refractivity contribution in [1.29, 1.82) is 0 Å². The Hall–Kier alpha value is -2.34. The lowest BCUT2D eigenvalue weighted by Crippen LogP contribution is -2.59. The van der Waals surface area contributed by atoms with E-state index in [1.54, 1.807) is 54.6 Å². The highest BCUT2D eigenvalue weighted by Gasteiger charge is 2.51. The maximum atomic E-state index is 12.9. The summed E-state index contributed by atoms with van der Waals surface area (Å²) in [4.78, 5) is 13.1. The molecule has 4 bridgehead atoms. The standard InChI is InChI=1S/C23H26N2O3S/c26-22(24-23-13-16-10-17(14-23)12-18(11-16)15-23)19-6-8-20(9-7-19)25-29(27,28)21-4-2-1-3-5-21/h1-9,16-18,25H,10-15H2,(H,24,26). The molecule has 4 fully saturated rings. The summed E-state index contributed by atoms with van der Waals surface area (Å²) in [6, 6.07) is 14.9. The zero-order chi connectivity index (χ0) is 20.1. The third-order valence-electron chi connectivity index (χ3n) is 6.87. The van der Waals surface area contributed by atoms with Crippen LogP contribution in [0, 0.1) is 17.8 Å². The molecule has 152 valence electrons. The molecule has 4 saturated carbocycles. The van der Waals surface area contributed by atoms with Gasteiger partial charge in [-0.3, -0.25) is 9.52 Å². The lowest BCUT2D eigenvalue weighted by Gasteiger charge is -2.56. The van der Waals surface area contributed by atoms with E-state index in [-0.39, 0.29) is 16.3 Å². The van der Waals surface area contributed by atoms with Crippen molar-refractivity contribution in [3.63, 3.8) is 0 Å². The summed E-state index contributed by atoms with van der Waals surface area (Å²) in [5, 5.41) is 3.36. The molecule has 0 saturated heterocycles. The van der Waals surface area contributed by atoms with Gasteiger partial charge in [0, 0.05) is 16.8 Å². The fraction of sp³-hybridized carbons (Fsp3) is 0.435. The van der Waals surface area contributed by atoms with Crippen LogP contribution in [0.1, 0.15) is 48.9 Å². The van der Waals surface area contributed by atoms with Gasteiger partial charge in [0.15, 0.2) is 0 Å². The first-order valence-electron chi connectivity index (χ1n) is 10.4. The molecule has 4 aliphatic carbocycles. The first-order valence-corrected chi connectivity index (χ1v) is 11.9. The van der Waals surface area contributed by atoms with Crippen LogP contribution in [0.4, 0.5) is 5.69 Å². The average molecular weight is 411 g/mol. The lowest BCUT2D eigenvalue weighted by molar-refractivity contribution is -0.0167. The third-order valence-corrected chi connectivity index (χ3v) is 8.27. The maximum absolute atomic E-state index is 12.9. The average Bonchev–Trinajstić information content (AvgIpc) is 2.67. The van der Waals surface area contributed by atoms with Crippen LogP contribution < -0.4 is 10.0 Å². The molecule has 1 amide bonds. The van der Waals surface area contributed by atoms with Crippen LogP contribution in [-0.2, 0) is 10.0 Å². The van der Waals surface area contributed by atoms with E-state index in [1.165, 1.54) is 19.3 Å². The highest BCUT2D eigenvalue weighted by Crippen LogP contribution is 2.55. The van der Waals surface area contributed by atoms with E-state index >= 15 is 0 Å². The van der Waals surface area contributed by atoms with Crippen molar-refractivity contribution in [2.75, 3.05) is 4.72 Å². The molecule has 5 nitrogen and oxygen atoms in total. The van der Waals surface area contributed by atoms with Crippen molar-refractivity contribution in [3.8, 4) is 0 Å². The molecule has 2 aromatic rings. The van der Waals surface area contributed by atoms with E-state index < -0.39 is 10.0 Å². The van der Waals surface area contributed by atoms with Gasteiger partial charge in [0.1, 0.15) is 0 Å². The molecule has 6 heteroatoms. The van der Waals surface area contributed by atoms with Crippen molar-refractivity contribution < 1.29 is 13.2 Å². The number of carbonyl (C=O) groups excluding carboxylic acids is 1. The van der Waals surface area contributed by atoms with Gasteiger partial charge in [-0.2, -0.15) is 0 Å². The number of rotatable bonds is 5. The predicted molar refractivity (Wildman–Crippen MR) is 112 cm³/mol. The van der Waals surface area contributed by atoms with Crippen molar-refractivity contribution >= 4 is 21.6 Å². The molecule has 0 aromatic heterocycles. The molecule has 4 aliphatic rings. The number of amides is 1. The molecule has 0 atom stereocenters. The largest absolute Gasteiger partial charge is 0.347 e. The van der Waals surface area contributed by atoms with Gasteiger partial charge in [-0.25, -0.2) is 8.42 Å². The van der Waals surface area contributed by atoms with Gasteiger partial charge in [-0.1, -0.05) is 18.2 Å². The molecular formula is C23H26N2O3S. The number of nitrogens with one attached hydrogen (secondary N) is 2. The minimum atomic E-state index is -3.63. The zero-order valence-corrected chi connectivity index (χ0v) is 17.1. The SMILES string of the molecule is O=C(NC12CC3CC(CC(C3)C1)C2)c1ccc(NS(=O)(=O)c2ccccc2)cc1. The zero-order valence-electron chi connectivity index (χ0n) is 16.3. The summed E-state index contributed by atoms with van der Waals surface area (Å²) < 4.78 is 27.5. The molecule has 6 rings (SSSR count). The molecule has 2 aromatic carbocycles. The third kappa shape index (κ3) is 3.66. The molecular weight excluding hydrogens is 384 g/mol. The van der Waals surface area contributed by atoms with Gasteiger partial charge in [0.05, 0.1) is 4.90 Å². The Labute approximate surface area is 172 Å². The van der Waals surface area contributed by atoms with E-state index in [2.05, 4.69) is 10.0 Å². The summed E-state index contributed by atoms with van der Waals surface area (Å²) >= 11 is 0. The Kier molecular flexibility index (Phi) is 4.42. The number of sulfonamides is 1. The second-order valence-electron chi connectivity index (χ2n) is 9.15. The molecule has 0 spiro atoms. The van der Waals surface area contributed by atoms with Gasteiger partial charge in [0.2, 0.25) is 0 Å². The summed E-state index contributed by atoms with van der Waals surface area (Å²) in [5.41, 5.74) is 0.989. The highest BCUT2D eigenvalue weighted by molar-refractivity contribution is 7.92. The van der Waals surface area contributed by atoms with Crippen molar-refractivity contribution in [3.05, 3.63) is 60.2 Å². The van der Waals surface area contributed by atoms with Crippen LogP contribution in [0.15, 0.2) is 59.5 Å². The van der Waals surface area contributed by atoms with Crippen LogP contribution in [0.25, 0.3) is 0 Å². The lowest BCUT2D eigenvalue weighted by atomic mass is 9.53. The molecule has 0 aliphatic heterocycles. The summed E-state index contributed by atoms with van der Waals surface area (Å²) in [7, 11) is -3.63. The van der Waals surface area contributed by atoms with Crippen LogP contribution in [0.2, 0.25) is 0 Å². The fourth-order valence-electron chi connectivity index (χ4n) is 6.08. The minimum absolute atomic E-state index is 0.0284. The first-order chi connectivity index (χ1) is 13.9. The number of benzene rings is 2. The second kappa shape index (κ2) is 6.87. The molecule has 29 heavy (non-hydrogen) atoms. The first kappa shape index (κ1) is 18.7. The van der Waals surface area contributed by atoms with Crippen LogP contribution >= 0.6 is 0 Å². The Morgan fingerprint density at radius 1 is 0.828 bits per heavy atom. The Morgan fingerprint density at radius 2 is 1.38 bits per heavy atom. The molecule has 2 N–H and O–H groups in total. The van der Waals surface area contributed by atoms with Crippen molar-refractivity contribution in [1.82, 2.24) is 5.32 Å². The topological polar surface area (TPSA) is 75.3 Å². The van der Waals surface area contributed by atoms with Gasteiger partial charge in [-0.15, -0.1) is 0 Å². The van der Waals surface area contributed by atoms with Gasteiger partial charge < -0.3 is 5.32 Å². The summed E-state index contributed by atoms with van der Waals surface area (Å²) in [6.07, 6.45) is 7.35. The predicted octanol–water partition coefficient (Wildman–Crippen LogP) is 4.19. The summed E-state index contributed by atoms with van der Waals surface area (Å²) in [5.74, 6) is 2.27.